The number of phenols is 1. The summed E-state index contributed by atoms with van der Waals surface area (Å²) < 4.78 is 5.68. The number of carbonyl (C=O) groups is 1. The van der Waals surface area contributed by atoms with Crippen LogP contribution in [0.4, 0.5) is 5.69 Å². The molecule has 0 aliphatic heterocycles. The number of anilines is 1. The lowest BCUT2D eigenvalue weighted by molar-refractivity contribution is -0.112. The molecule has 0 atom stereocenters. The number of nitriles is 1. The molecule has 1 heterocycles. The van der Waals surface area contributed by atoms with Gasteiger partial charge in [0.05, 0.1) is 0 Å². The molecule has 5 nitrogen and oxygen atoms in total. The Morgan fingerprint density at radius 2 is 1.76 bits per heavy atom. The average molecular weight is 330 g/mol. The summed E-state index contributed by atoms with van der Waals surface area (Å²) in [6.45, 7) is 0. The molecular formula is C20H14N2O3. The van der Waals surface area contributed by atoms with E-state index in [1.165, 1.54) is 18.2 Å². The highest BCUT2D eigenvalue weighted by Crippen LogP contribution is 2.23. The van der Waals surface area contributed by atoms with Crippen LogP contribution < -0.4 is 5.32 Å². The van der Waals surface area contributed by atoms with Crippen molar-refractivity contribution in [2.45, 2.75) is 0 Å². The average Bonchev–Trinajstić information content (AvgIpc) is 3.11. The molecule has 3 rings (SSSR count). The summed E-state index contributed by atoms with van der Waals surface area (Å²) in [6.07, 6.45) is 1.39. The van der Waals surface area contributed by atoms with Crippen LogP contribution in [0, 0.1) is 11.3 Å². The highest BCUT2D eigenvalue weighted by atomic mass is 16.3. The minimum Gasteiger partial charge on any atom is -0.508 e. The predicted molar refractivity (Wildman–Crippen MR) is 94.5 cm³/mol. The Morgan fingerprint density at radius 3 is 2.44 bits per heavy atom. The fourth-order valence-electron chi connectivity index (χ4n) is 2.22. The number of phenolic OH excluding ortho intramolecular Hbond substituents is 1. The zero-order valence-electron chi connectivity index (χ0n) is 13.1. The van der Waals surface area contributed by atoms with E-state index in [1.807, 2.05) is 36.4 Å². The number of furan rings is 1. The number of nitrogens with zero attached hydrogens (tertiary/aromatic N) is 1. The van der Waals surface area contributed by atoms with E-state index in [0.717, 1.165) is 5.56 Å². The first-order valence-corrected chi connectivity index (χ1v) is 7.53. The van der Waals surface area contributed by atoms with Gasteiger partial charge < -0.3 is 14.8 Å². The van der Waals surface area contributed by atoms with Gasteiger partial charge in [-0.05, 0) is 36.4 Å². The van der Waals surface area contributed by atoms with Crippen molar-refractivity contribution in [1.29, 1.82) is 5.26 Å². The van der Waals surface area contributed by atoms with Gasteiger partial charge in [0.1, 0.15) is 28.9 Å². The van der Waals surface area contributed by atoms with Crippen molar-refractivity contribution in [1.82, 2.24) is 0 Å². The lowest BCUT2D eigenvalue weighted by Gasteiger charge is -2.03. The van der Waals surface area contributed by atoms with Gasteiger partial charge in [-0.3, -0.25) is 4.79 Å². The van der Waals surface area contributed by atoms with Crippen molar-refractivity contribution < 1.29 is 14.3 Å². The van der Waals surface area contributed by atoms with Crippen LogP contribution in [0.25, 0.3) is 17.4 Å². The highest BCUT2D eigenvalue weighted by Gasteiger charge is 2.11. The van der Waals surface area contributed by atoms with Crippen LogP contribution in [-0.2, 0) is 4.79 Å². The van der Waals surface area contributed by atoms with Gasteiger partial charge in [-0.1, -0.05) is 30.3 Å². The number of amides is 1. The molecular weight excluding hydrogens is 316 g/mol. The molecule has 25 heavy (non-hydrogen) atoms. The second-order valence-corrected chi connectivity index (χ2v) is 5.24. The summed E-state index contributed by atoms with van der Waals surface area (Å²) >= 11 is 0. The Labute approximate surface area is 144 Å². The third kappa shape index (κ3) is 3.95. The largest absolute Gasteiger partial charge is 0.508 e. The summed E-state index contributed by atoms with van der Waals surface area (Å²) in [4.78, 5) is 12.2. The molecule has 3 aromatic rings. The van der Waals surface area contributed by atoms with E-state index in [0.29, 0.717) is 17.2 Å². The van der Waals surface area contributed by atoms with Crippen LogP contribution in [0.2, 0.25) is 0 Å². The zero-order chi connectivity index (χ0) is 17.6. The topological polar surface area (TPSA) is 86.3 Å². The van der Waals surface area contributed by atoms with Crippen molar-refractivity contribution in [3.05, 3.63) is 78.1 Å². The summed E-state index contributed by atoms with van der Waals surface area (Å²) in [5, 5.41) is 21.1. The number of carbonyl (C=O) groups excluding carboxylic acids is 1. The summed E-state index contributed by atoms with van der Waals surface area (Å²) in [6, 6.07) is 20.9. The maximum atomic E-state index is 12.2. The molecule has 0 bridgehead atoms. The Kier molecular flexibility index (Phi) is 4.63. The third-order valence-corrected chi connectivity index (χ3v) is 3.46. The van der Waals surface area contributed by atoms with Gasteiger partial charge in [0.15, 0.2) is 0 Å². The second kappa shape index (κ2) is 7.20. The first kappa shape index (κ1) is 16.1. The van der Waals surface area contributed by atoms with E-state index in [9.17, 15) is 15.2 Å². The number of hydrogen-bond donors (Lipinski definition) is 2. The monoisotopic (exact) mass is 330 g/mol. The van der Waals surface area contributed by atoms with E-state index in [1.54, 1.807) is 24.3 Å². The molecule has 0 saturated heterocycles. The van der Waals surface area contributed by atoms with Gasteiger partial charge in [-0.2, -0.15) is 5.26 Å². The standard InChI is InChI=1S/C20H14N2O3/c21-13-15(20(24)22-16-6-8-17(23)9-7-16)12-18-10-11-19(25-18)14-4-2-1-3-5-14/h1-12,23H,(H,22,24)/b15-12-. The number of nitrogens with one attached hydrogen (secondary N) is 1. The summed E-state index contributed by atoms with van der Waals surface area (Å²) in [5.41, 5.74) is 1.31. The minimum absolute atomic E-state index is 0.0814. The van der Waals surface area contributed by atoms with Gasteiger partial charge in [-0.25, -0.2) is 0 Å². The molecule has 1 aromatic heterocycles. The van der Waals surface area contributed by atoms with Crippen LogP contribution in [-0.4, -0.2) is 11.0 Å². The SMILES string of the molecule is N#C/C(=C/c1ccc(-c2ccccc2)o1)C(=O)Nc1ccc(O)cc1. The number of rotatable bonds is 4. The molecule has 0 saturated carbocycles. The van der Waals surface area contributed by atoms with E-state index in [-0.39, 0.29) is 11.3 Å². The van der Waals surface area contributed by atoms with Crippen LogP contribution >= 0.6 is 0 Å². The lowest BCUT2D eigenvalue weighted by Crippen LogP contribution is -2.13. The Hall–Kier alpha value is -3.78. The van der Waals surface area contributed by atoms with Crippen LogP contribution in [0.5, 0.6) is 5.75 Å². The molecule has 0 unspecified atom stereocenters. The molecule has 0 fully saturated rings. The molecule has 2 aromatic carbocycles. The molecule has 0 spiro atoms. The zero-order valence-corrected chi connectivity index (χ0v) is 13.1. The smallest absolute Gasteiger partial charge is 0.266 e. The Morgan fingerprint density at radius 1 is 1.04 bits per heavy atom. The normalized spacial score (nSPS) is 10.9. The Bertz CT molecular complexity index is 949. The maximum absolute atomic E-state index is 12.2. The van der Waals surface area contributed by atoms with Gasteiger partial charge >= 0.3 is 0 Å². The van der Waals surface area contributed by atoms with Gasteiger partial charge in [0.2, 0.25) is 0 Å². The molecule has 122 valence electrons. The van der Waals surface area contributed by atoms with Gasteiger partial charge in [0, 0.05) is 17.3 Å². The van der Waals surface area contributed by atoms with E-state index >= 15 is 0 Å². The van der Waals surface area contributed by atoms with Crippen molar-refractivity contribution in [2.24, 2.45) is 0 Å². The first-order chi connectivity index (χ1) is 12.2. The van der Waals surface area contributed by atoms with Crippen LogP contribution in [0.15, 0.2) is 76.7 Å². The number of aromatic hydroxyl groups is 1. The fraction of sp³-hybridized carbons (Fsp3) is 0. The van der Waals surface area contributed by atoms with Crippen LogP contribution in [0.1, 0.15) is 5.76 Å². The fourth-order valence-corrected chi connectivity index (χ4v) is 2.22. The summed E-state index contributed by atoms with van der Waals surface area (Å²) in [7, 11) is 0. The van der Waals surface area contributed by atoms with Crippen LogP contribution in [0.3, 0.4) is 0 Å². The summed E-state index contributed by atoms with van der Waals surface area (Å²) in [5.74, 6) is 0.614. The quantitative estimate of drug-likeness (QED) is 0.426. The van der Waals surface area contributed by atoms with Gasteiger partial charge in [0.25, 0.3) is 5.91 Å². The lowest BCUT2D eigenvalue weighted by atomic mass is 10.2. The highest BCUT2D eigenvalue weighted by molar-refractivity contribution is 6.09. The van der Waals surface area contributed by atoms with Crippen molar-refractivity contribution in [3.63, 3.8) is 0 Å². The molecule has 0 radical (unpaired) electrons. The molecule has 5 heteroatoms. The van der Waals surface area contributed by atoms with E-state index < -0.39 is 5.91 Å². The molecule has 0 aliphatic carbocycles. The predicted octanol–water partition coefficient (Wildman–Crippen LogP) is 4.20. The van der Waals surface area contributed by atoms with E-state index in [4.69, 9.17) is 4.42 Å². The van der Waals surface area contributed by atoms with Crippen molar-refractivity contribution in [2.75, 3.05) is 5.32 Å². The number of benzene rings is 2. The first-order valence-electron chi connectivity index (χ1n) is 7.53. The van der Waals surface area contributed by atoms with Crippen molar-refractivity contribution in [3.8, 4) is 23.1 Å². The molecule has 1 amide bonds. The maximum Gasteiger partial charge on any atom is 0.266 e. The Balaban J connectivity index is 1.78. The molecule has 0 aliphatic rings. The van der Waals surface area contributed by atoms with E-state index in [2.05, 4.69) is 5.32 Å². The van der Waals surface area contributed by atoms with Gasteiger partial charge in [-0.15, -0.1) is 0 Å². The number of hydrogen-bond acceptors (Lipinski definition) is 4. The second-order valence-electron chi connectivity index (χ2n) is 5.24. The molecule has 2 N–H and O–H groups in total. The minimum atomic E-state index is -0.550. The van der Waals surface area contributed by atoms with Crippen molar-refractivity contribution >= 4 is 17.7 Å². The third-order valence-electron chi connectivity index (χ3n) is 3.46.